The van der Waals surface area contributed by atoms with Crippen LogP contribution in [0.1, 0.15) is 6.92 Å². The molecular weight excluding hydrogens is 478 g/mol. The van der Waals surface area contributed by atoms with E-state index < -0.39 is 0 Å². The minimum absolute atomic E-state index is 0.183. The van der Waals surface area contributed by atoms with Gasteiger partial charge in [0, 0.05) is 89.1 Å². The van der Waals surface area contributed by atoms with Gasteiger partial charge in [-0.1, -0.05) is 19.1 Å². The maximum atomic E-state index is 13.0. The van der Waals surface area contributed by atoms with E-state index in [0.29, 0.717) is 0 Å². The first kappa shape index (κ1) is 23.8. The van der Waals surface area contributed by atoms with E-state index in [2.05, 4.69) is 69.3 Å². The maximum absolute atomic E-state index is 13.0. The number of carbonyl (C=O) groups is 1. The van der Waals surface area contributed by atoms with Crippen molar-refractivity contribution >= 4 is 22.9 Å². The van der Waals surface area contributed by atoms with Crippen LogP contribution >= 0.6 is 0 Å². The van der Waals surface area contributed by atoms with Crippen LogP contribution in [0, 0.1) is 5.41 Å². The molecule has 7 rings (SSSR count). The zero-order valence-electron chi connectivity index (χ0n) is 22.3. The molecule has 4 fully saturated rings. The molecule has 0 bridgehead atoms. The highest BCUT2D eigenvalue weighted by Crippen LogP contribution is 2.38. The molecule has 0 unspecified atom stereocenters. The van der Waals surface area contributed by atoms with Gasteiger partial charge in [-0.2, -0.15) is 5.10 Å². The summed E-state index contributed by atoms with van der Waals surface area (Å²) in [6.45, 7) is 14.3. The summed E-state index contributed by atoms with van der Waals surface area (Å²) in [5.41, 5.74) is 6.23. The second-order valence-electron chi connectivity index (χ2n) is 11.3. The quantitative estimate of drug-likeness (QED) is 0.533. The molecule has 1 spiro atoms. The molecule has 2 aromatic heterocycles. The molecule has 0 aliphatic carbocycles. The Labute approximate surface area is 224 Å². The summed E-state index contributed by atoms with van der Waals surface area (Å²) in [5.74, 6) is 0. The molecular formula is C29H37N7O2. The molecule has 6 heterocycles. The highest BCUT2D eigenvalue weighted by molar-refractivity contribution is 5.81. The molecule has 0 atom stereocenters. The third-order valence-electron chi connectivity index (χ3n) is 8.90. The Bertz CT molecular complexity index is 1290. The van der Waals surface area contributed by atoms with Gasteiger partial charge in [-0.25, -0.2) is 9.31 Å². The van der Waals surface area contributed by atoms with Gasteiger partial charge in [0.25, 0.3) is 0 Å². The number of carbonyl (C=O) groups excluding carboxylic acids is 1. The van der Waals surface area contributed by atoms with Crippen LogP contribution in [0.25, 0.3) is 16.6 Å². The molecule has 200 valence electrons. The Morgan fingerprint density at radius 2 is 1.58 bits per heavy atom. The van der Waals surface area contributed by atoms with Gasteiger partial charge in [0.05, 0.1) is 29.8 Å². The van der Waals surface area contributed by atoms with E-state index in [1.165, 1.54) is 22.5 Å². The van der Waals surface area contributed by atoms with Crippen molar-refractivity contribution in [2.75, 3.05) is 95.0 Å². The Morgan fingerprint density at radius 3 is 2.24 bits per heavy atom. The number of hydrogen-bond donors (Lipinski definition) is 0. The van der Waals surface area contributed by atoms with E-state index in [4.69, 9.17) is 4.74 Å². The van der Waals surface area contributed by atoms with Crippen LogP contribution in [0.2, 0.25) is 0 Å². The summed E-state index contributed by atoms with van der Waals surface area (Å²) < 4.78 is 7.34. The fourth-order valence-corrected chi connectivity index (χ4v) is 6.42. The predicted molar refractivity (Wildman–Crippen MR) is 149 cm³/mol. The number of anilines is 2. The third-order valence-corrected chi connectivity index (χ3v) is 8.90. The number of benzene rings is 1. The predicted octanol–water partition coefficient (Wildman–Crippen LogP) is 2.72. The molecule has 9 heteroatoms. The Balaban J connectivity index is 1.02. The fraction of sp³-hybridized carbons (Fsp3) is 0.517. The van der Waals surface area contributed by atoms with E-state index in [-0.39, 0.29) is 11.4 Å². The molecule has 9 nitrogen and oxygen atoms in total. The van der Waals surface area contributed by atoms with Crippen LogP contribution in [0.5, 0.6) is 0 Å². The lowest BCUT2D eigenvalue weighted by Gasteiger charge is -2.55. The summed E-state index contributed by atoms with van der Waals surface area (Å²) in [4.78, 5) is 24.3. The number of piperazine rings is 2. The highest BCUT2D eigenvalue weighted by Gasteiger charge is 2.51. The number of urea groups is 1. The van der Waals surface area contributed by atoms with Crippen molar-refractivity contribution in [1.82, 2.24) is 24.3 Å². The van der Waals surface area contributed by atoms with E-state index in [1.807, 2.05) is 20.5 Å². The lowest BCUT2D eigenvalue weighted by molar-refractivity contribution is -0.177. The number of likely N-dealkylation sites (tertiary alicyclic amines) is 1. The van der Waals surface area contributed by atoms with E-state index in [0.717, 1.165) is 90.7 Å². The van der Waals surface area contributed by atoms with Crippen LogP contribution in [0.3, 0.4) is 0 Å². The molecule has 4 saturated heterocycles. The lowest BCUT2D eigenvalue weighted by Crippen LogP contribution is -2.69. The molecule has 0 saturated carbocycles. The van der Waals surface area contributed by atoms with Crippen molar-refractivity contribution in [2.24, 2.45) is 5.41 Å². The number of ether oxygens (including phenoxy) is 1. The van der Waals surface area contributed by atoms with Gasteiger partial charge < -0.3 is 29.2 Å². The number of rotatable bonds is 4. The second-order valence-corrected chi connectivity index (χ2v) is 11.3. The van der Waals surface area contributed by atoms with Crippen LogP contribution in [-0.4, -0.2) is 116 Å². The zero-order valence-corrected chi connectivity index (χ0v) is 22.3. The number of hydrogen-bond acceptors (Lipinski definition) is 6. The summed E-state index contributed by atoms with van der Waals surface area (Å²) in [5, 5.41) is 4.60. The average Bonchev–Trinajstić information content (AvgIpc) is 3.36. The number of likely N-dealkylation sites (N-methyl/N-ethyl adjacent to an activating group) is 1. The van der Waals surface area contributed by atoms with Gasteiger partial charge in [0.1, 0.15) is 0 Å². The largest absolute Gasteiger partial charge is 0.380 e. The number of aromatic nitrogens is 2. The Morgan fingerprint density at radius 1 is 0.868 bits per heavy atom. The molecule has 0 N–H and O–H groups in total. The van der Waals surface area contributed by atoms with Crippen LogP contribution in [0.4, 0.5) is 16.2 Å². The first-order valence-electron chi connectivity index (χ1n) is 14.0. The second kappa shape index (κ2) is 9.47. The number of fused-ring (bicyclic) bond motifs is 1. The summed E-state index contributed by atoms with van der Waals surface area (Å²) in [6, 6.07) is 13.5. The first-order chi connectivity index (χ1) is 18.6. The summed E-state index contributed by atoms with van der Waals surface area (Å²) in [6.07, 6.45) is 4.00. The van der Waals surface area contributed by atoms with Crippen molar-refractivity contribution in [2.45, 2.75) is 6.92 Å². The van der Waals surface area contributed by atoms with Gasteiger partial charge in [0.15, 0.2) is 0 Å². The van der Waals surface area contributed by atoms with Crippen molar-refractivity contribution in [3.8, 4) is 11.1 Å². The summed E-state index contributed by atoms with van der Waals surface area (Å²) in [7, 11) is 0. The van der Waals surface area contributed by atoms with Crippen LogP contribution < -0.4 is 9.80 Å². The zero-order chi connectivity index (χ0) is 25.7. The first-order valence-corrected chi connectivity index (χ1v) is 14.0. The molecule has 1 aromatic carbocycles. The topological polar surface area (TPSA) is 59.8 Å². The average molecular weight is 516 g/mol. The van der Waals surface area contributed by atoms with Crippen LogP contribution in [0.15, 0.2) is 48.8 Å². The SMILES string of the molecule is CCN1CCN(c2ccc(-c3cc4c(N5CCN(C(=O)N6CC7(COC7)C6)CC5)ccnn4c3)cc2)CC1. The van der Waals surface area contributed by atoms with Crippen molar-refractivity contribution in [3.05, 3.63) is 48.8 Å². The van der Waals surface area contributed by atoms with Gasteiger partial charge in [0.2, 0.25) is 0 Å². The maximum Gasteiger partial charge on any atom is 0.320 e. The molecule has 3 aromatic rings. The molecule has 2 amide bonds. The Hall–Kier alpha value is -3.30. The van der Waals surface area contributed by atoms with Crippen LogP contribution in [-0.2, 0) is 4.74 Å². The number of nitrogens with zero attached hydrogens (tertiary/aromatic N) is 7. The minimum atomic E-state index is 0.183. The standard InChI is InChI=1S/C29H37N7O2/c1-2-31-9-11-32(12-10-31)25-5-3-23(4-6-25)24-17-27-26(7-8-30-36(27)18-24)33-13-15-34(16-14-33)28(37)35-19-29(20-35)21-38-22-29/h3-8,17-18H,2,9-16,19-22H2,1H3. The minimum Gasteiger partial charge on any atom is -0.380 e. The van der Waals surface area contributed by atoms with E-state index in [1.54, 1.807) is 0 Å². The highest BCUT2D eigenvalue weighted by atomic mass is 16.5. The fourth-order valence-electron chi connectivity index (χ4n) is 6.42. The van der Waals surface area contributed by atoms with Crippen molar-refractivity contribution in [3.63, 3.8) is 0 Å². The van der Waals surface area contributed by atoms with Gasteiger partial charge >= 0.3 is 6.03 Å². The van der Waals surface area contributed by atoms with E-state index in [9.17, 15) is 4.79 Å². The van der Waals surface area contributed by atoms with Gasteiger partial charge in [-0.05, 0) is 36.4 Å². The van der Waals surface area contributed by atoms with Crippen molar-refractivity contribution in [1.29, 1.82) is 0 Å². The van der Waals surface area contributed by atoms with Crippen molar-refractivity contribution < 1.29 is 9.53 Å². The number of amides is 2. The molecule has 4 aliphatic heterocycles. The van der Waals surface area contributed by atoms with E-state index >= 15 is 0 Å². The molecule has 0 radical (unpaired) electrons. The van der Waals surface area contributed by atoms with Gasteiger partial charge in [-0.15, -0.1) is 0 Å². The smallest absolute Gasteiger partial charge is 0.320 e. The third kappa shape index (κ3) is 4.18. The monoisotopic (exact) mass is 515 g/mol. The lowest BCUT2D eigenvalue weighted by atomic mass is 9.78. The molecule has 38 heavy (non-hydrogen) atoms. The Kier molecular flexibility index (Phi) is 5.93. The molecule has 4 aliphatic rings. The summed E-state index contributed by atoms with van der Waals surface area (Å²) >= 11 is 0. The normalized spacial score (nSPS) is 21.6. The van der Waals surface area contributed by atoms with Gasteiger partial charge in [-0.3, -0.25) is 0 Å².